The van der Waals surface area contributed by atoms with Crippen molar-refractivity contribution in [2.45, 2.75) is 13.1 Å². The van der Waals surface area contributed by atoms with Crippen molar-refractivity contribution in [1.82, 2.24) is 25.1 Å². The average Bonchev–Trinajstić information content (AvgIpc) is 3.22. The van der Waals surface area contributed by atoms with Crippen LogP contribution in [-0.4, -0.2) is 45.2 Å². The lowest BCUT2D eigenvalue weighted by molar-refractivity contribution is -0.131. The summed E-state index contributed by atoms with van der Waals surface area (Å²) < 4.78 is 5.26. The van der Waals surface area contributed by atoms with Crippen LogP contribution in [0.2, 0.25) is 0 Å². The summed E-state index contributed by atoms with van der Waals surface area (Å²) >= 11 is 0. The van der Waals surface area contributed by atoms with Gasteiger partial charge in [0.2, 0.25) is 11.7 Å². The van der Waals surface area contributed by atoms with E-state index in [0.29, 0.717) is 12.4 Å². The summed E-state index contributed by atoms with van der Waals surface area (Å²) in [6.45, 7) is 0.544. The maximum absolute atomic E-state index is 12.6. The second kappa shape index (κ2) is 8.10. The molecule has 0 fully saturated rings. The molecule has 0 saturated heterocycles. The number of fused-ring (bicyclic) bond motifs is 1. The minimum absolute atomic E-state index is 0.0428. The molecule has 0 aliphatic rings. The van der Waals surface area contributed by atoms with E-state index < -0.39 is 0 Å². The second-order valence-corrected chi connectivity index (χ2v) is 6.81. The van der Waals surface area contributed by atoms with Gasteiger partial charge in [-0.2, -0.15) is 4.80 Å². The Balaban J connectivity index is 1.42. The number of benzene rings is 3. The lowest BCUT2D eigenvalue weighted by Crippen LogP contribution is -2.30. The molecule has 4 rings (SSSR count). The molecular formula is C22H21N5O2. The first-order valence-electron chi connectivity index (χ1n) is 9.26. The standard InChI is InChI=1S/C22H21N5O2/c1-26(14-16-8-9-19-13-20(29-2)11-10-18(19)12-16)21(28)15-27-24-22(23-25-27)17-6-4-3-5-7-17/h3-13H,14-15H2,1-2H3. The van der Waals surface area contributed by atoms with Crippen molar-refractivity contribution in [2.24, 2.45) is 0 Å². The molecule has 7 nitrogen and oxygen atoms in total. The highest BCUT2D eigenvalue weighted by atomic mass is 16.5. The molecular weight excluding hydrogens is 366 g/mol. The molecule has 0 radical (unpaired) electrons. The summed E-state index contributed by atoms with van der Waals surface area (Å²) in [4.78, 5) is 15.6. The predicted octanol–water partition coefficient (Wildman–Crippen LogP) is 3.16. The van der Waals surface area contributed by atoms with Crippen molar-refractivity contribution < 1.29 is 9.53 Å². The number of methoxy groups -OCH3 is 1. The van der Waals surface area contributed by atoms with Gasteiger partial charge < -0.3 is 9.64 Å². The van der Waals surface area contributed by atoms with Gasteiger partial charge in [-0.05, 0) is 39.7 Å². The molecule has 1 aromatic heterocycles. The summed E-state index contributed by atoms with van der Waals surface area (Å²) in [5.41, 5.74) is 1.92. The quantitative estimate of drug-likeness (QED) is 0.508. The van der Waals surface area contributed by atoms with Crippen LogP contribution in [0.3, 0.4) is 0 Å². The molecule has 0 unspecified atom stereocenters. The minimum Gasteiger partial charge on any atom is -0.497 e. The Morgan fingerprint density at radius 3 is 2.59 bits per heavy atom. The first kappa shape index (κ1) is 18.6. The number of ether oxygens (including phenoxy) is 1. The van der Waals surface area contributed by atoms with Gasteiger partial charge in [0.1, 0.15) is 12.3 Å². The van der Waals surface area contributed by atoms with Gasteiger partial charge in [-0.1, -0.05) is 48.5 Å². The number of amides is 1. The van der Waals surface area contributed by atoms with E-state index in [2.05, 4.69) is 21.5 Å². The fraction of sp³-hybridized carbons (Fsp3) is 0.182. The molecule has 1 heterocycles. The lowest BCUT2D eigenvalue weighted by atomic mass is 10.1. The molecule has 0 spiro atoms. The fourth-order valence-electron chi connectivity index (χ4n) is 3.12. The van der Waals surface area contributed by atoms with E-state index in [1.54, 1.807) is 19.1 Å². The zero-order valence-electron chi connectivity index (χ0n) is 16.3. The highest BCUT2D eigenvalue weighted by Crippen LogP contribution is 2.22. The highest BCUT2D eigenvalue weighted by Gasteiger charge is 2.13. The topological polar surface area (TPSA) is 73.1 Å². The minimum atomic E-state index is -0.0863. The van der Waals surface area contributed by atoms with E-state index in [0.717, 1.165) is 27.6 Å². The van der Waals surface area contributed by atoms with Crippen LogP contribution in [-0.2, 0) is 17.9 Å². The van der Waals surface area contributed by atoms with E-state index in [-0.39, 0.29) is 12.5 Å². The molecule has 3 aromatic carbocycles. The largest absolute Gasteiger partial charge is 0.497 e. The highest BCUT2D eigenvalue weighted by molar-refractivity contribution is 5.84. The monoisotopic (exact) mass is 387 g/mol. The summed E-state index contributed by atoms with van der Waals surface area (Å²) in [6, 6.07) is 21.7. The summed E-state index contributed by atoms with van der Waals surface area (Å²) in [5, 5.41) is 14.5. The Labute approximate surface area is 168 Å². The van der Waals surface area contributed by atoms with Crippen molar-refractivity contribution in [3.05, 3.63) is 72.3 Å². The van der Waals surface area contributed by atoms with E-state index in [1.807, 2.05) is 60.7 Å². The number of carbonyl (C=O) groups excluding carboxylic acids is 1. The zero-order chi connectivity index (χ0) is 20.2. The molecule has 29 heavy (non-hydrogen) atoms. The first-order chi connectivity index (χ1) is 14.1. The van der Waals surface area contributed by atoms with Crippen LogP contribution >= 0.6 is 0 Å². The molecule has 1 amide bonds. The molecule has 7 heteroatoms. The van der Waals surface area contributed by atoms with Crippen molar-refractivity contribution in [1.29, 1.82) is 0 Å². The number of hydrogen-bond acceptors (Lipinski definition) is 5. The molecule has 0 atom stereocenters. The third kappa shape index (κ3) is 4.24. The van der Waals surface area contributed by atoms with Gasteiger partial charge in [0, 0.05) is 19.2 Å². The summed E-state index contributed by atoms with van der Waals surface area (Å²) in [5.74, 6) is 1.25. The van der Waals surface area contributed by atoms with E-state index in [1.165, 1.54) is 4.80 Å². The smallest absolute Gasteiger partial charge is 0.246 e. The van der Waals surface area contributed by atoms with Gasteiger partial charge in [0.15, 0.2) is 0 Å². The number of hydrogen-bond donors (Lipinski definition) is 0. The maximum atomic E-state index is 12.6. The van der Waals surface area contributed by atoms with Crippen molar-refractivity contribution in [3.8, 4) is 17.1 Å². The van der Waals surface area contributed by atoms with E-state index in [9.17, 15) is 4.79 Å². The number of tetrazole rings is 1. The Bertz CT molecular complexity index is 1140. The number of nitrogens with zero attached hydrogens (tertiary/aromatic N) is 5. The number of likely N-dealkylation sites (N-methyl/N-ethyl adjacent to an activating group) is 1. The molecule has 0 aliphatic carbocycles. The third-order valence-electron chi connectivity index (χ3n) is 4.72. The number of aromatic nitrogens is 4. The van der Waals surface area contributed by atoms with Gasteiger partial charge in [0.25, 0.3) is 0 Å². The molecule has 0 bridgehead atoms. The SMILES string of the molecule is COc1ccc2cc(CN(C)C(=O)Cn3nnc(-c4ccccc4)n3)ccc2c1. The molecule has 4 aromatic rings. The maximum Gasteiger partial charge on any atom is 0.246 e. The van der Waals surface area contributed by atoms with E-state index >= 15 is 0 Å². The summed E-state index contributed by atoms with van der Waals surface area (Å²) in [7, 11) is 3.43. The summed E-state index contributed by atoms with van der Waals surface area (Å²) in [6.07, 6.45) is 0. The molecule has 0 saturated carbocycles. The van der Waals surface area contributed by atoms with Gasteiger partial charge in [0.05, 0.1) is 7.11 Å². The second-order valence-electron chi connectivity index (χ2n) is 6.81. The Morgan fingerprint density at radius 2 is 1.79 bits per heavy atom. The van der Waals surface area contributed by atoms with Gasteiger partial charge in [-0.3, -0.25) is 4.79 Å². The Kier molecular flexibility index (Phi) is 5.20. The number of carbonyl (C=O) groups is 1. The van der Waals surface area contributed by atoms with Gasteiger partial charge in [-0.15, -0.1) is 10.2 Å². The average molecular weight is 387 g/mol. The molecule has 0 aliphatic heterocycles. The Hall–Kier alpha value is -3.74. The Morgan fingerprint density at radius 1 is 1.03 bits per heavy atom. The van der Waals surface area contributed by atoms with Crippen molar-refractivity contribution >= 4 is 16.7 Å². The van der Waals surface area contributed by atoms with Crippen LogP contribution in [0.5, 0.6) is 5.75 Å². The fourth-order valence-corrected chi connectivity index (χ4v) is 3.12. The molecule has 0 N–H and O–H groups in total. The predicted molar refractivity (Wildman–Crippen MR) is 110 cm³/mol. The van der Waals surface area contributed by atoms with Crippen molar-refractivity contribution in [2.75, 3.05) is 14.2 Å². The van der Waals surface area contributed by atoms with Gasteiger partial charge >= 0.3 is 0 Å². The van der Waals surface area contributed by atoms with Crippen LogP contribution < -0.4 is 4.74 Å². The zero-order valence-corrected chi connectivity index (χ0v) is 16.3. The van der Waals surface area contributed by atoms with Crippen molar-refractivity contribution in [3.63, 3.8) is 0 Å². The normalized spacial score (nSPS) is 10.8. The lowest BCUT2D eigenvalue weighted by Gasteiger charge is -2.17. The molecule has 146 valence electrons. The number of rotatable bonds is 6. The van der Waals surface area contributed by atoms with Crippen LogP contribution in [0.25, 0.3) is 22.2 Å². The van der Waals surface area contributed by atoms with Crippen LogP contribution in [0.1, 0.15) is 5.56 Å². The van der Waals surface area contributed by atoms with Gasteiger partial charge in [-0.25, -0.2) is 0 Å². The third-order valence-corrected chi connectivity index (χ3v) is 4.72. The first-order valence-corrected chi connectivity index (χ1v) is 9.26. The van der Waals surface area contributed by atoms with Crippen LogP contribution in [0.4, 0.5) is 0 Å². The van der Waals surface area contributed by atoms with Crippen LogP contribution in [0, 0.1) is 0 Å². The van der Waals surface area contributed by atoms with Crippen LogP contribution in [0.15, 0.2) is 66.7 Å². The van der Waals surface area contributed by atoms with E-state index in [4.69, 9.17) is 4.74 Å².